The van der Waals surface area contributed by atoms with Gasteiger partial charge in [0.25, 0.3) is 0 Å². The number of aromatic nitrogens is 2. The van der Waals surface area contributed by atoms with Crippen LogP contribution in [0.4, 0.5) is 40.6 Å². The zero-order valence-corrected chi connectivity index (χ0v) is 31.9. The molecule has 0 saturated heterocycles. The molecule has 2 heterocycles. The summed E-state index contributed by atoms with van der Waals surface area (Å²) in [6, 6.07) is 22.4. The Labute approximate surface area is 332 Å². The summed E-state index contributed by atoms with van der Waals surface area (Å²) in [7, 11) is 0. The lowest BCUT2D eigenvalue weighted by Crippen LogP contribution is -2.29. The summed E-state index contributed by atoms with van der Waals surface area (Å²) in [5.74, 6) is 3.02. The second kappa shape index (κ2) is 17.7. The second-order valence-electron chi connectivity index (χ2n) is 12.3. The van der Waals surface area contributed by atoms with Crippen molar-refractivity contribution in [2.75, 3.05) is 10.6 Å². The van der Waals surface area contributed by atoms with Crippen LogP contribution in [0, 0.1) is 35.1 Å². The number of hydrogen-bond donors (Lipinski definition) is 3. The van der Waals surface area contributed by atoms with Gasteiger partial charge in [0.2, 0.25) is 0 Å². The number of rotatable bonds is 8. The van der Waals surface area contributed by atoms with Gasteiger partial charge in [-0.1, -0.05) is 51.0 Å². The third kappa shape index (κ3) is 11.2. The maximum absolute atomic E-state index is 13.8. The van der Waals surface area contributed by atoms with E-state index in [1.165, 1.54) is 42.7 Å². The molecular weight excluding hydrogens is 821 g/mol. The van der Waals surface area contributed by atoms with Crippen LogP contribution in [-0.4, -0.2) is 27.1 Å². The first-order valence-electron chi connectivity index (χ1n) is 16.1. The number of nitrogens with zero attached hydrogens (tertiary/aromatic N) is 2. The van der Waals surface area contributed by atoms with Crippen LogP contribution in [0.1, 0.15) is 51.3 Å². The number of carbonyl (C=O) groups is 2. The summed E-state index contributed by atoms with van der Waals surface area (Å²) in [5, 5.41) is 6.09. The Morgan fingerprint density at radius 1 is 0.673 bits per heavy atom. The van der Waals surface area contributed by atoms with Crippen LogP contribution in [0.25, 0.3) is 0 Å². The van der Waals surface area contributed by atoms with E-state index in [0.717, 1.165) is 28.7 Å². The predicted molar refractivity (Wildman–Crippen MR) is 210 cm³/mol. The average molecular weight is 850 g/mol. The van der Waals surface area contributed by atoms with Crippen molar-refractivity contribution >= 4 is 73.7 Å². The van der Waals surface area contributed by atoms with Crippen LogP contribution in [0.5, 0.6) is 0 Å². The quantitative estimate of drug-likeness (QED) is 0.0795. The first-order chi connectivity index (χ1) is 26.1. The molecule has 0 saturated carbocycles. The zero-order chi connectivity index (χ0) is 39.9. The SMILES string of the molecule is CC(C)(N)C#Cc1ccc(Cl)c(C(=O)c2ccc(Nc3ccc(F)cc3F)nc2)c1.O=C(c1ccc(Nc2ccc(F)cc2F)nc1)c1cc(Br)ccc1Cl. The summed E-state index contributed by atoms with van der Waals surface area (Å²) in [4.78, 5) is 33.6. The van der Waals surface area contributed by atoms with Gasteiger partial charge in [0, 0.05) is 56.8 Å². The Morgan fingerprint density at radius 2 is 1.15 bits per heavy atom. The topological polar surface area (TPSA) is 110 Å². The normalized spacial score (nSPS) is 10.7. The van der Waals surface area contributed by atoms with Crippen LogP contribution in [0.3, 0.4) is 0 Å². The summed E-state index contributed by atoms with van der Waals surface area (Å²) in [6.07, 6.45) is 2.72. The standard InChI is InChI=1S/C23H18ClF2N3O.C18H10BrClF2N2O/c1-23(2,27)10-9-14-3-6-18(24)17(11-14)22(30)15-4-8-21(28-13-15)29-20-7-5-16(25)12-19(20)26;19-11-2-4-14(20)13(7-11)18(25)10-1-6-17(23-9-10)24-16-5-3-12(21)8-15(16)22/h3-8,11-13H,27H2,1-2H3,(H,28,29);1-9H,(H,23,24). The van der Waals surface area contributed by atoms with Crippen LogP contribution < -0.4 is 16.4 Å². The van der Waals surface area contributed by atoms with Crippen molar-refractivity contribution in [1.82, 2.24) is 9.97 Å². The highest BCUT2D eigenvalue weighted by Gasteiger charge is 2.16. The molecule has 6 aromatic rings. The number of nitrogens with one attached hydrogen (secondary N) is 2. The monoisotopic (exact) mass is 847 g/mol. The first-order valence-corrected chi connectivity index (χ1v) is 17.6. The van der Waals surface area contributed by atoms with Gasteiger partial charge in [0.05, 0.1) is 27.0 Å². The van der Waals surface area contributed by atoms with Crippen LogP contribution in [0.2, 0.25) is 10.0 Å². The van der Waals surface area contributed by atoms with Crippen molar-refractivity contribution in [2.45, 2.75) is 19.4 Å². The lowest BCUT2D eigenvalue weighted by molar-refractivity contribution is 0.103. The predicted octanol–water partition coefficient (Wildman–Crippen LogP) is 10.8. The number of nitrogens with two attached hydrogens (primary N) is 1. The summed E-state index contributed by atoms with van der Waals surface area (Å²) in [5.41, 5.74) is 7.23. The Hall–Kier alpha value is -5.58. The van der Waals surface area contributed by atoms with Crippen molar-refractivity contribution in [3.8, 4) is 11.8 Å². The second-order valence-corrected chi connectivity index (χ2v) is 14.0. The fraction of sp³-hybridized carbons (Fsp3) is 0.0732. The largest absolute Gasteiger partial charge is 0.338 e. The van der Waals surface area contributed by atoms with Crippen LogP contribution in [-0.2, 0) is 0 Å². The smallest absolute Gasteiger partial charge is 0.196 e. The molecule has 0 spiro atoms. The van der Waals surface area contributed by atoms with Crippen molar-refractivity contribution in [3.63, 3.8) is 0 Å². The first kappa shape index (κ1) is 40.6. The van der Waals surface area contributed by atoms with Gasteiger partial charge in [-0.25, -0.2) is 27.5 Å². The molecule has 0 aliphatic carbocycles. The zero-order valence-electron chi connectivity index (χ0n) is 28.8. The summed E-state index contributed by atoms with van der Waals surface area (Å²) in [6.45, 7) is 3.56. The van der Waals surface area contributed by atoms with Gasteiger partial charge in [0.15, 0.2) is 11.6 Å². The molecule has 6 rings (SSSR count). The Bertz CT molecular complexity index is 2450. The molecule has 0 amide bonds. The Balaban J connectivity index is 0.000000214. The van der Waals surface area contributed by atoms with Gasteiger partial charge >= 0.3 is 0 Å². The highest BCUT2D eigenvalue weighted by molar-refractivity contribution is 9.10. The molecule has 0 radical (unpaired) electrons. The number of ketones is 2. The molecule has 0 bridgehead atoms. The minimum Gasteiger partial charge on any atom is -0.338 e. The van der Waals surface area contributed by atoms with E-state index in [0.29, 0.717) is 38.9 Å². The average Bonchev–Trinajstić information content (AvgIpc) is 3.14. The molecule has 4 aromatic carbocycles. The van der Waals surface area contributed by atoms with Crippen molar-refractivity contribution in [3.05, 3.63) is 175 Å². The maximum atomic E-state index is 13.8. The van der Waals surface area contributed by atoms with Gasteiger partial charge in [-0.2, -0.15) is 0 Å². The van der Waals surface area contributed by atoms with Gasteiger partial charge in [0.1, 0.15) is 34.9 Å². The van der Waals surface area contributed by atoms with E-state index in [2.05, 4.69) is 48.4 Å². The molecule has 2 aromatic heterocycles. The van der Waals surface area contributed by atoms with Crippen molar-refractivity contribution in [1.29, 1.82) is 0 Å². The Morgan fingerprint density at radius 3 is 1.58 bits per heavy atom. The molecule has 278 valence electrons. The number of pyridine rings is 2. The molecule has 14 heteroatoms. The minimum atomic E-state index is -0.748. The van der Waals surface area contributed by atoms with Gasteiger partial charge in [-0.05, 0) is 98.8 Å². The van der Waals surface area contributed by atoms with E-state index < -0.39 is 28.8 Å². The maximum Gasteiger partial charge on any atom is 0.196 e. The molecule has 4 N–H and O–H groups in total. The molecule has 0 atom stereocenters. The molecule has 7 nitrogen and oxygen atoms in total. The summed E-state index contributed by atoms with van der Waals surface area (Å²) >= 11 is 15.6. The van der Waals surface area contributed by atoms with E-state index in [4.69, 9.17) is 28.9 Å². The highest BCUT2D eigenvalue weighted by atomic mass is 79.9. The Kier molecular flexibility index (Phi) is 13.1. The van der Waals surface area contributed by atoms with Gasteiger partial charge in [-0.15, -0.1) is 0 Å². The number of carbonyl (C=O) groups excluding carboxylic acids is 2. The van der Waals surface area contributed by atoms with Crippen LogP contribution in [0.15, 0.2) is 114 Å². The highest BCUT2D eigenvalue weighted by Crippen LogP contribution is 2.26. The number of halogens is 7. The van der Waals surface area contributed by atoms with E-state index >= 15 is 0 Å². The number of benzene rings is 4. The number of anilines is 4. The molecule has 0 fully saturated rings. The molecule has 0 aliphatic heterocycles. The van der Waals surface area contributed by atoms with E-state index in [9.17, 15) is 27.2 Å². The molecular formula is C41H28BrCl2F4N5O2. The lowest BCUT2D eigenvalue weighted by Gasteiger charge is -2.09. The fourth-order valence-corrected chi connectivity index (χ4v) is 5.42. The van der Waals surface area contributed by atoms with E-state index in [-0.39, 0.29) is 33.5 Å². The van der Waals surface area contributed by atoms with Gasteiger partial charge in [-0.3, -0.25) is 9.59 Å². The van der Waals surface area contributed by atoms with Crippen LogP contribution >= 0.6 is 39.1 Å². The third-order valence-electron chi connectivity index (χ3n) is 7.35. The van der Waals surface area contributed by atoms with E-state index in [1.807, 2.05) is 0 Å². The third-order valence-corrected chi connectivity index (χ3v) is 8.50. The number of hydrogen-bond acceptors (Lipinski definition) is 7. The minimum absolute atomic E-state index is 0.0696. The van der Waals surface area contributed by atoms with Gasteiger partial charge < -0.3 is 16.4 Å². The molecule has 55 heavy (non-hydrogen) atoms. The molecule has 0 aliphatic rings. The van der Waals surface area contributed by atoms with Crippen molar-refractivity contribution in [2.24, 2.45) is 5.73 Å². The van der Waals surface area contributed by atoms with E-state index in [1.54, 1.807) is 56.3 Å². The fourth-order valence-electron chi connectivity index (χ4n) is 4.65. The lowest BCUT2D eigenvalue weighted by atomic mass is 10.0. The summed E-state index contributed by atoms with van der Waals surface area (Å²) < 4.78 is 54.1. The van der Waals surface area contributed by atoms with Crippen molar-refractivity contribution < 1.29 is 27.2 Å². The molecule has 0 unspecified atom stereocenters.